The average Bonchev–Trinajstić information content (AvgIpc) is 2.62. The van der Waals surface area contributed by atoms with Crippen LogP contribution in [-0.2, 0) is 6.54 Å². The Bertz CT molecular complexity index is 572. The Balaban J connectivity index is 2.89. The molecule has 0 aliphatic rings. The highest BCUT2D eigenvalue weighted by Crippen LogP contribution is 2.28. The summed E-state index contributed by atoms with van der Waals surface area (Å²) in [6.45, 7) is 4.45. The van der Waals surface area contributed by atoms with E-state index in [1.54, 1.807) is 16.7 Å². The lowest BCUT2D eigenvalue weighted by molar-refractivity contribution is 0.0686. The Kier molecular flexibility index (Phi) is 2.64. The smallest absolute Gasteiger partial charge is 0.352 e. The van der Waals surface area contributed by atoms with Crippen molar-refractivity contribution in [2.75, 3.05) is 0 Å². The molecule has 1 heterocycles. The van der Waals surface area contributed by atoms with Gasteiger partial charge in [0.05, 0.1) is 5.52 Å². The molecule has 1 N–H and O–H groups in total. The topological polar surface area (TPSA) is 42.2 Å². The molecule has 0 aliphatic heterocycles. The van der Waals surface area contributed by atoms with Gasteiger partial charge < -0.3 is 9.67 Å². The Hall–Kier alpha value is -1.48. The van der Waals surface area contributed by atoms with Gasteiger partial charge in [0.1, 0.15) is 5.69 Å². The van der Waals surface area contributed by atoms with Crippen molar-refractivity contribution in [2.45, 2.75) is 20.4 Å². The van der Waals surface area contributed by atoms with Crippen molar-refractivity contribution >= 4 is 28.5 Å². The van der Waals surface area contributed by atoms with Crippen LogP contribution >= 0.6 is 11.6 Å². The number of benzene rings is 1. The van der Waals surface area contributed by atoms with Gasteiger partial charge in [0.15, 0.2) is 0 Å². The highest BCUT2D eigenvalue weighted by atomic mass is 35.5. The van der Waals surface area contributed by atoms with Crippen LogP contribution in [0.5, 0.6) is 0 Å². The first-order valence-electron chi connectivity index (χ1n) is 5.08. The Morgan fingerprint density at radius 3 is 2.75 bits per heavy atom. The van der Waals surface area contributed by atoms with Crippen LogP contribution in [0.25, 0.3) is 10.9 Å². The van der Waals surface area contributed by atoms with Gasteiger partial charge in [-0.1, -0.05) is 17.7 Å². The van der Waals surface area contributed by atoms with Gasteiger partial charge in [-0.2, -0.15) is 0 Å². The maximum absolute atomic E-state index is 11.1. The molecule has 0 saturated carbocycles. The van der Waals surface area contributed by atoms with Gasteiger partial charge in [0.2, 0.25) is 0 Å². The fourth-order valence-corrected chi connectivity index (χ4v) is 2.18. The molecule has 3 nitrogen and oxygen atoms in total. The van der Waals surface area contributed by atoms with Crippen molar-refractivity contribution in [3.05, 3.63) is 34.5 Å². The van der Waals surface area contributed by atoms with Gasteiger partial charge in [0.25, 0.3) is 0 Å². The lowest BCUT2D eigenvalue weighted by Gasteiger charge is -2.07. The van der Waals surface area contributed by atoms with Crippen LogP contribution in [-0.4, -0.2) is 15.6 Å². The monoisotopic (exact) mass is 237 g/mol. The van der Waals surface area contributed by atoms with E-state index in [1.165, 1.54) is 0 Å². The summed E-state index contributed by atoms with van der Waals surface area (Å²) in [5.41, 5.74) is 2.14. The number of nitrogens with zero attached hydrogens (tertiary/aromatic N) is 1. The summed E-state index contributed by atoms with van der Waals surface area (Å²) in [4.78, 5) is 11.1. The Labute approximate surface area is 98.3 Å². The maximum atomic E-state index is 11.1. The predicted molar refractivity (Wildman–Crippen MR) is 64.3 cm³/mol. The molecule has 0 saturated heterocycles. The minimum absolute atomic E-state index is 0.308. The van der Waals surface area contributed by atoms with E-state index in [0.717, 1.165) is 16.5 Å². The lowest BCUT2D eigenvalue weighted by Crippen LogP contribution is -2.07. The quantitative estimate of drug-likeness (QED) is 0.871. The van der Waals surface area contributed by atoms with E-state index in [1.807, 2.05) is 19.9 Å². The van der Waals surface area contributed by atoms with Gasteiger partial charge in [-0.3, -0.25) is 0 Å². The molecule has 0 bridgehead atoms. The third-order valence-electron chi connectivity index (χ3n) is 2.78. The molecule has 2 aromatic rings. The Morgan fingerprint density at radius 2 is 2.19 bits per heavy atom. The highest BCUT2D eigenvalue weighted by Gasteiger charge is 2.15. The van der Waals surface area contributed by atoms with Crippen molar-refractivity contribution in [3.63, 3.8) is 0 Å². The standard InChI is InChI=1S/C12H12ClNO2/c1-3-14-10(12(15)16)6-8-4-5-9(13)7(2)11(8)14/h4-6H,3H2,1-2H3,(H,15,16). The average molecular weight is 238 g/mol. The first-order valence-corrected chi connectivity index (χ1v) is 5.45. The number of aryl methyl sites for hydroxylation is 2. The van der Waals surface area contributed by atoms with Crippen molar-refractivity contribution in [3.8, 4) is 0 Å². The fourth-order valence-electron chi connectivity index (χ4n) is 2.02. The van der Waals surface area contributed by atoms with E-state index in [2.05, 4.69) is 0 Å². The highest BCUT2D eigenvalue weighted by molar-refractivity contribution is 6.32. The van der Waals surface area contributed by atoms with Crippen LogP contribution in [0.2, 0.25) is 5.02 Å². The van der Waals surface area contributed by atoms with E-state index in [-0.39, 0.29) is 0 Å². The number of rotatable bonds is 2. The summed E-state index contributed by atoms with van der Waals surface area (Å²) < 4.78 is 1.78. The number of carbonyl (C=O) groups is 1. The second kappa shape index (κ2) is 3.83. The molecule has 0 fully saturated rings. The summed E-state index contributed by atoms with van der Waals surface area (Å²) in [6.07, 6.45) is 0. The molecule has 4 heteroatoms. The second-order valence-electron chi connectivity index (χ2n) is 3.69. The molecule has 0 atom stereocenters. The summed E-state index contributed by atoms with van der Waals surface area (Å²) >= 11 is 6.04. The number of carboxylic acid groups (broad SMARTS) is 1. The SMILES string of the molecule is CCn1c(C(=O)O)cc2ccc(Cl)c(C)c21. The third kappa shape index (κ3) is 1.48. The van der Waals surface area contributed by atoms with Crippen LogP contribution in [0.3, 0.4) is 0 Å². The summed E-state index contributed by atoms with van der Waals surface area (Å²) in [5, 5.41) is 10.7. The molecule has 84 valence electrons. The predicted octanol–water partition coefficient (Wildman–Crippen LogP) is 3.32. The van der Waals surface area contributed by atoms with E-state index in [4.69, 9.17) is 16.7 Å². The number of hydrogen-bond acceptors (Lipinski definition) is 1. The van der Waals surface area contributed by atoms with Crippen LogP contribution < -0.4 is 0 Å². The molecule has 0 spiro atoms. The molecule has 1 aromatic heterocycles. The normalized spacial score (nSPS) is 10.9. The Morgan fingerprint density at radius 1 is 1.50 bits per heavy atom. The van der Waals surface area contributed by atoms with E-state index in [9.17, 15) is 4.79 Å². The van der Waals surface area contributed by atoms with E-state index >= 15 is 0 Å². The zero-order chi connectivity index (χ0) is 11.9. The number of carboxylic acids is 1. The van der Waals surface area contributed by atoms with Gasteiger partial charge >= 0.3 is 5.97 Å². The number of hydrogen-bond donors (Lipinski definition) is 1. The first-order chi connectivity index (χ1) is 7.56. The minimum Gasteiger partial charge on any atom is -0.477 e. The zero-order valence-corrected chi connectivity index (χ0v) is 9.88. The van der Waals surface area contributed by atoms with Crippen molar-refractivity contribution in [2.24, 2.45) is 0 Å². The number of aromatic nitrogens is 1. The molecular weight excluding hydrogens is 226 g/mol. The van der Waals surface area contributed by atoms with Gasteiger partial charge in [-0.25, -0.2) is 4.79 Å². The molecule has 1 aromatic carbocycles. The lowest BCUT2D eigenvalue weighted by atomic mass is 10.1. The first kappa shape index (κ1) is 11.0. The summed E-state index contributed by atoms with van der Waals surface area (Å²) in [5.74, 6) is -0.909. The van der Waals surface area contributed by atoms with Crippen LogP contribution in [0.4, 0.5) is 0 Å². The molecule has 0 amide bonds. The van der Waals surface area contributed by atoms with E-state index in [0.29, 0.717) is 17.3 Å². The van der Waals surface area contributed by atoms with Crippen LogP contribution in [0.1, 0.15) is 23.0 Å². The summed E-state index contributed by atoms with van der Waals surface area (Å²) in [7, 11) is 0. The largest absolute Gasteiger partial charge is 0.477 e. The molecule has 2 rings (SSSR count). The third-order valence-corrected chi connectivity index (χ3v) is 3.19. The fraction of sp³-hybridized carbons (Fsp3) is 0.250. The summed E-state index contributed by atoms with van der Waals surface area (Å²) in [6, 6.07) is 5.33. The number of fused-ring (bicyclic) bond motifs is 1. The number of aromatic carboxylic acids is 1. The van der Waals surface area contributed by atoms with Gasteiger partial charge in [-0.05, 0) is 31.5 Å². The van der Waals surface area contributed by atoms with Gasteiger partial charge in [-0.15, -0.1) is 0 Å². The molecule has 0 aliphatic carbocycles. The molecule has 0 unspecified atom stereocenters. The van der Waals surface area contributed by atoms with E-state index < -0.39 is 5.97 Å². The van der Waals surface area contributed by atoms with Crippen LogP contribution in [0.15, 0.2) is 18.2 Å². The van der Waals surface area contributed by atoms with Gasteiger partial charge in [0, 0.05) is 17.0 Å². The van der Waals surface area contributed by atoms with Crippen molar-refractivity contribution < 1.29 is 9.90 Å². The molecular formula is C12H12ClNO2. The van der Waals surface area contributed by atoms with Crippen LogP contribution in [0, 0.1) is 6.92 Å². The van der Waals surface area contributed by atoms with Crippen molar-refractivity contribution in [1.82, 2.24) is 4.57 Å². The zero-order valence-electron chi connectivity index (χ0n) is 9.12. The molecule has 0 radical (unpaired) electrons. The molecule has 16 heavy (non-hydrogen) atoms. The van der Waals surface area contributed by atoms with Crippen molar-refractivity contribution in [1.29, 1.82) is 0 Å². The number of halogens is 1. The maximum Gasteiger partial charge on any atom is 0.352 e. The minimum atomic E-state index is -0.909. The second-order valence-corrected chi connectivity index (χ2v) is 4.10.